The number of carbonyl (C=O) groups is 1. The van der Waals surface area contributed by atoms with Crippen molar-refractivity contribution in [3.8, 4) is 0 Å². The smallest absolute Gasteiger partial charge is 0.349 e. The van der Waals surface area contributed by atoms with Gasteiger partial charge in [0.05, 0.1) is 12.2 Å². The third kappa shape index (κ3) is 5.64. The van der Waals surface area contributed by atoms with E-state index in [0.717, 1.165) is 5.70 Å². The van der Waals surface area contributed by atoms with E-state index in [0.29, 0.717) is 12.3 Å². The second-order valence-corrected chi connectivity index (χ2v) is 4.71. The lowest BCUT2D eigenvalue weighted by Gasteiger charge is -2.29. The Morgan fingerprint density at radius 1 is 1.37 bits per heavy atom. The van der Waals surface area contributed by atoms with Crippen molar-refractivity contribution < 1.29 is 14.3 Å². The Morgan fingerprint density at radius 3 is 2.37 bits per heavy atom. The third-order valence-electron chi connectivity index (χ3n) is 2.07. The van der Waals surface area contributed by atoms with Gasteiger partial charge in [0.2, 0.25) is 6.10 Å². The van der Waals surface area contributed by atoms with E-state index < -0.39 is 11.7 Å². The lowest BCUT2D eigenvalue weighted by atomic mass is 10.2. The molecule has 1 heterocycles. The first kappa shape index (κ1) is 17.3. The highest BCUT2D eigenvalue weighted by Gasteiger charge is 2.30. The van der Waals surface area contributed by atoms with E-state index in [1.807, 2.05) is 34.6 Å². The van der Waals surface area contributed by atoms with E-state index in [4.69, 9.17) is 9.47 Å². The minimum Gasteiger partial charge on any atom is -0.475 e. The zero-order valence-electron chi connectivity index (χ0n) is 12.6. The van der Waals surface area contributed by atoms with E-state index >= 15 is 0 Å². The van der Waals surface area contributed by atoms with E-state index in [1.54, 1.807) is 12.2 Å². The van der Waals surface area contributed by atoms with Gasteiger partial charge in [0, 0.05) is 0 Å². The van der Waals surface area contributed by atoms with Crippen molar-refractivity contribution in [3.05, 3.63) is 36.8 Å². The molecule has 0 aromatic rings. The van der Waals surface area contributed by atoms with Gasteiger partial charge in [-0.2, -0.15) is 0 Å². The molecule has 1 atom stereocenters. The lowest BCUT2D eigenvalue weighted by Crippen LogP contribution is -2.42. The Bertz CT molecular complexity index is 364. The SMILES string of the molecule is C=CC1=C(C=C)OC(C(=O)OC(C)(C)C)CN1.CC. The molecule has 4 nitrogen and oxygen atoms in total. The van der Waals surface area contributed by atoms with Crippen molar-refractivity contribution in [2.75, 3.05) is 6.54 Å². The number of esters is 1. The molecule has 0 bridgehead atoms. The summed E-state index contributed by atoms with van der Waals surface area (Å²) in [7, 11) is 0. The Labute approximate surface area is 116 Å². The molecule has 0 aromatic heterocycles. The monoisotopic (exact) mass is 267 g/mol. The number of hydrogen-bond acceptors (Lipinski definition) is 4. The summed E-state index contributed by atoms with van der Waals surface area (Å²) in [5, 5.41) is 3.05. The molecule has 0 aliphatic carbocycles. The number of ether oxygens (including phenoxy) is 2. The van der Waals surface area contributed by atoms with Crippen molar-refractivity contribution in [1.82, 2.24) is 5.32 Å². The fraction of sp³-hybridized carbons (Fsp3) is 0.533. The zero-order chi connectivity index (χ0) is 15.1. The van der Waals surface area contributed by atoms with Gasteiger partial charge in [-0.25, -0.2) is 4.79 Å². The van der Waals surface area contributed by atoms with Crippen LogP contribution in [0.1, 0.15) is 34.6 Å². The number of nitrogens with one attached hydrogen (secondary N) is 1. The van der Waals surface area contributed by atoms with Gasteiger partial charge in [0.15, 0.2) is 0 Å². The molecule has 108 valence electrons. The van der Waals surface area contributed by atoms with Crippen molar-refractivity contribution in [1.29, 1.82) is 0 Å². The van der Waals surface area contributed by atoms with Gasteiger partial charge >= 0.3 is 5.97 Å². The molecule has 0 radical (unpaired) electrons. The topological polar surface area (TPSA) is 47.6 Å². The van der Waals surface area contributed by atoms with Gasteiger partial charge in [-0.1, -0.05) is 27.0 Å². The molecule has 0 amide bonds. The Kier molecular flexibility index (Phi) is 6.98. The Hall–Kier alpha value is -1.71. The quantitative estimate of drug-likeness (QED) is 0.799. The van der Waals surface area contributed by atoms with Gasteiger partial charge in [0.25, 0.3) is 0 Å². The molecule has 1 aliphatic rings. The fourth-order valence-corrected chi connectivity index (χ4v) is 1.38. The Morgan fingerprint density at radius 2 is 1.95 bits per heavy atom. The molecule has 1 N–H and O–H groups in total. The normalized spacial score (nSPS) is 18.3. The largest absolute Gasteiger partial charge is 0.475 e. The number of rotatable bonds is 3. The first-order chi connectivity index (χ1) is 8.87. The first-order valence-corrected chi connectivity index (χ1v) is 6.50. The molecule has 1 unspecified atom stereocenters. The minimum absolute atomic E-state index is 0.369. The maximum atomic E-state index is 11.8. The summed E-state index contributed by atoms with van der Waals surface area (Å²) in [6.07, 6.45) is 2.52. The second-order valence-electron chi connectivity index (χ2n) is 4.71. The number of carbonyl (C=O) groups excluding carboxylic acids is 1. The molecule has 1 rings (SSSR count). The van der Waals surface area contributed by atoms with Crippen LogP contribution in [-0.4, -0.2) is 24.2 Å². The third-order valence-corrected chi connectivity index (χ3v) is 2.07. The maximum Gasteiger partial charge on any atom is 0.349 e. The summed E-state index contributed by atoms with van der Waals surface area (Å²) in [6, 6.07) is 0. The minimum atomic E-state index is -0.647. The molecule has 1 aliphatic heterocycles. The first-order valence-electron chi connectivity index (χ1n) is 6.50. The predicted molar refractivity (Wildman–Crippen MR) is 77.5 cm³/mol. The van der Waals surface area contributed by atoms with Crippen LogP contribution in [0.4, 0.5) is 0 Å². The highest BCUT2D eigenvalue weighted by atomic mass is 16.6. The predicted octanol–water partition coefficient (Wildman–Crippen LogP) is 2.93. The summed E-state index contributed by atoms with van der Waals surface area (Å²) in [5.41, 5.74) is 0.219. The van der Waals surface area contributed by atoms with Crippen molar-refractivity contribution in [3.63, 3.8) is 0 Å². The lowest BCUT2D eigenvalue weighted by molar-refractivity contribution is -0.166. The molecule has 19 heavy (non-hydrogen) atoms. The standard InChI is InChI=1S/C13H19NO3.C2H6/c1-6-9-10(7-2)16-11(8-14-9)12(15)17-13(3,4)5;1-2/h6-7,11,14H,1-2,8H2,3-5H3;1-2H3. The van der Waals surface area contributed by atoms with E-state index in [9.17, 15) is 4.79 Å². The molecule has 0 spiro atoms. The van der Waals surface area contributed by atoms with Gasteiger partial charge in [-0.15, -0.1) is 0 Å². The van der Waals surface area contributed by atoms with E-state index in [-0.39, 0.29) is 5.97 Å². The molecule has 0 saturated carbocycles. The zero-order valence-corrected chi connectivity index (χ0v) is 12.6. The van der Waals surface area contributed by atoms with Crippen LogP contribution in [0.15, 0.2) is 36.8 Å². The van der Waals surface area contributed by atoms with Gasteiger partial charge in [-0.05, 0) is 32.9 Å². The highest BCUT2D eigenvalue weighted by Crippen LogP contribution is 2.17. The summed E-state index contributed by atoms with van der Waals surface area (Å²) < 4.78 is 10.8. The molecular formula is C15H25NO3. The van der Waals surface area contributed by atoms with Gasteiger partial charge in [0.1, 0.15) is 11.4 Å². The summed E-state index contributed by atoms with van der Waals surface area (Å²) in [4.78, 5) is 11.8. The van der Waals surface area contributed by atoms with Crippen molar-refractivity contribution in [2.45, 2.75) is 46.3 Å². The van der Waals surface area contributed by atoms with Crippen LogP contribution in [0.5, 0.6) is 0 Å². The number of allylic oxidation sites excluding steroid dienone is 2. The van der Waals surface area contributed by atoms with Crippen LogP contribution in [0, 0.1) is 0 Å². The van der Waals surface area contributed by atoms with Gasteiger partial charge < -0.3 is 14.8 Å². The summed E-state index contributed by atoms with van der Waals surface area (Å²) in [5.74, 6) is 0.134. The number of hydrogen-bond donors (Lipinski definition) is 1. The molecule has 0 saturated heterocycles. The average Bonchev–Trinajstić information content (AvgIpc) is 2.38. The van der Waals surface area contributed by atoms with Gasteiger partial charge in [-0.3, -0.25) is 0 Å². The van der Waals surface area contributed by atoms with E-state index in [1.165, 1.54) is 0 Å². The second kappa shape index (κ2) is 7.67. The molecule has 0 fully saturated rings. The summed E-state index contributed by atoms with van der Waals surface area (Å²) in [6.45, 7) is 17.1. The molecular weight excluding hydrogens is 242 g/mol. The van der Waals surface area contributed by atoms with Crippen molar-refractivity contribution in [2.24, 2.45) is 0 Å². The van der Waals surface area contributed by atoms with Crippen LogP contribution in [0.3, 0.4) is 0 Å². The molecule has 0 aromatic carbocycles. The maximum absolute atomic E-state index is 11.8. The average molecular weight is 267 g/mol. The van der Waals surface area contributed by atoms with Crippen LogP contribution in [-0.2, 0) is 14.3 Å². The Balaban J connectivity index is 0.00000154. The molecule has 4 heteroatoms. The van der Waals surface area contributed by atoms with Crippen LogP contribution >= 0.6 is 0 Å². The fourth-order valence-electron chi connectivity index (χ4n) is 1.38. The van der Waals surface area contributed by atoms with Crippen LogP contribution in [0.25, 0.3) is 0 Å². The van der Waals surface area contributed by atoms with Crippen molar-refractivity contribution >= 4 is 5.97 Å². The van der Waals surface area contributed by atoms with E-state index in [2.05, 4.69) is 18.5 Å². The van der Waals surface area contributed by atoms with Crippen LogP contribution in [0.2, 0.25) is 0 Å². The highest BCUT2D eigenvalue weighted by molar-refractivity contribution is 5.76. The summed E-state index contributed by atoms with van der Waals surface area (Å²) >= 11 is 0. The van der Waals surface area contributed by atoms with Crippen LogP contribution < -0.4 is 5.32 Å².